The zero-order valence-electron chi connectivity index (χ0n) is 13.3. The van der Waals surface area contributed by atoms with Crippen molar-refractivity contribution in [3.05, 3.63) is 5.89 Å². The van der Waals surface area contributed by atoms with Crippen LogP contribution in [0.3, 0.4) is 0 Å². The molecule has 2 N–H and O–H groups in total. The number of nitrogens with zero attached hydrogens (tertiary/aromatic N) is 2. The Kier molecular flexibility index (Phi) is 4.96. The fourth-order valence-corrected chi connectivity index (χ4v) is 1.28. The first-order valence-electron chi connectivity index (χ1n) is 6.89. The lowest BCUT2D eigenvalue weighted by Crippen LogP contribution is -2.35. The van der Waals surface area contributed by atoms with Gasteiger partial charge >= 0.3 is 6.01 Å². The van der Waals surface area contributed by atoms with Crippen molar-refractivity contribution < 1.29 is 4.42 Å². The van der Waals surface area contributed by atoms with Crippen molar-refractivity contribution >= 4 is 6.01 Å². The van der Waals surface area contributed by atoms with Gasteiger partial charge in [-0.25, -0.2) is 0 Å². The van der Waals surface area contributed by atoms with E-state index in [0.717, 1.165) is 6.54 Å². The lowest BCUT2D eigenvalue weighted by molar-refractivity contribution is 0.273. The van der Waals surface area contributed by atoms with Crippen molar-refractivity contribution in [2.75, 3.05) is 11.9 Å². The Morgan fingerprint density at radius 2 is 1.74 bits per heavy atom. The van der Waals surface area contributed by atoms with Crippen LogP contribution in [0.2, 0.25) is 0 Å². The summed E-state index contributed by atoms with van der Waals surface area (Å²) in [6.07, 6.45) is 0. The minimum absolute atomic E-state index is 0.0445. The van der Waals surface area contributed by atoms with Gasteiger partial charge in [-0.3, -0.25) is 0 Å². The smallest absolute Gasteiger partial charge is 0.315 e. The highest BCUT2D eigenvalue weighted by Gasteiger charge is 2.20. The molecule has 1 aromatic heterocycles. The summed E-state index contributed by atoms with van der Waals surface area (Å²) in [5.41, 5.74) is 0.312. The highest BCUT2D eigenvalue weighted by atomic mass is 16.4. The largest absolute Gasteiger partial charge is 0.407 e. The molecule has 1 atom stereocenters. The van der Waals surface area contributed by atoms with Gasteiger partial charge in [0.1, 0.15) is 0 Å². The molecular formula is C14H28N4O. The van der Waals surface area contributed by atoms with Crippen LogP contribution < -0.4 is 10.6 Å². The molecule has 1 heterocycles. The molecule has 5 heteroatoms. The number of hydrogen-bond donors (Lipinski definition) is 2. The molecular weight excluding hydrogens is 240 g/mol. The third kappa shape index (κ3) is 6.05. The average molecular weight is 268 g/mol. The fourth-order valence-electron chi connectivity index (χ4n) is 1.28. The second-order valence-corrected chi connectivity index (χ2v) is 7.25. The Labute approximate surface area is 116 Å². The SMILES string of the molecule is CC(CNc1nnc(CNC(C)(C)C)o1)C(C)(C)C. The minimum Gasteiger partial charge on any atom is -0.407 e. The lowest BCUT2D eigenvalue weighted by Gasteiger charge is -2.26. The molecule has 0 aliphatic carbocycles. The van der Waals surface area contributed by atoms with Gasteiger partial charge in [0.15, 0.2) is 0 Å². The quantitative estimate of drug-likeness (QED) is 0.859. The molecule has 0 aromatic carbocycles. The van der Waals surface area contributed by atoms with Crippen LogP contribution in [0.1, 0.15) is 54.4 Å². The van der Waals surface area contributed by atoms with Gasteiger partial charge in [0, 0.05) is 12.1 Å². The van der Waals surface area contributed by atoms with E-state index in [0.29, 0.717) is 24.4 Å². The summed E-state index contributed by atoms with van der Waals surface area (Å²) in [5, 5.41) is 14.5. The molecule has 110 valence electrons. The molecule has 0 aliphatic heterocycles. The van der Waals surface area contributed by atoms with Gasteiger partial charge < -0.3 is 15.1 Å². The Hall–Kier alpha value is -1.10. The lowest BCUT2D eigenvalue weighted by atomic mass is 9.82. The summed E-state index contributed by atoms with van der Waals surface area (Å²) < 4.78 is 5.55. The van der Waals surface area contributed by atoms with Gasteiger partial charge in [-0.15, -0.1) is 5.10 Å². The molecule has 1 aromatic rings. The maximum absolute atomic E-state index is 5.55. The van der Waals surface area contributed by atoms with E-state index in [4.69, 9.17) is 4.42 Å². The van der Waals surface area contributed by atoms with E-state index in [1.54, 1.807) is 0 Å². The van der Waals surface area contributed by atoms with Crippen LogP contribution in [0, 0.1) is 11.3 Å². The molecule has 0 fully saturated rings. The molecule has 5 nitrogen and oxygen atoms in total. The minimum atomic E-state index is 0.0445. The zero-order valence-corrected chi connectivity index (χ0v) is 13.3. The summed E-state index contributed by atoms with van der Waals surface area (Å²) in [6.45, 7) is 16.6. The summed E-state index contributed by atoms with van der Waals surface area (Å²) in [4.78, 5) is 0. The van der Waals surface area contributed by atoms with Crippen molar-refractivity contribution in [3.8, 4) is 0 Å². The Morgan fingerprint density at radius 1 is 1.11 bits per heavy atom. The molecule has 0 bridgehead atoms. The second kappa shape index (κ2) is 5.90. The number of rotatable bonds is 5. The molecule has 0 radical (unpaired) electrons. The fraction of sp³-hybridized carbons (Fsp3) is 0.857. The van der Waals surface area contributed by atoms with Crippen molar-refractivity contribution in [1.82, 2.24) is 15.5 Å². The zero-order chi connectivity index (χ0) is 14.7. The van der Waals surface area contributed by atoms with Crippen LogP contribution >= 0.6 is 0 Å². The maximum atomic E-state index is 5.55. The van der Waals surface area contributed by atoms with Crippen LogP contribution in [0.4, 0.5) is 6.01 Å². The van der Waals surface area contributed by atoms with E-state index in [9.17, 15) is 0 Å². The van der Waals surface area contributed by atoms with Gasteiger partial charge in [-0.1, -0.05) is 32.8 Å². The highest BCUT2D eigenvalue weighted by molar-refractivity contribution is 5.17. The van der Waals surface area contributed by atoms with Crippen molar-refractivity contribution in [2.24, 2.45) is 11.3 Å². The third-order valence-corrected chi connectivity index (χ3v) is 3.27. The van der Waals surface area contributed by atoms with E-state index in [2.05, 4.69) is 69.3 Å². The van der Waals surface area contributed by atoms with Gasteiger partial charge in [-0.05, 0) is 32.1 Å². The van der Waals surface area contributed by atoms with Gasteiger partial charge in [-0.2, -0.15) is 0 Å². The molecule has 0 saturated heterocycles. The van der Waals surface area contributed by atoms with Crippen LogP contribution in [0.15, 0.2) is 4.42 Å². The normalized spacial score (nSPS) is 14.5. The van der Waals surface area contributed by atoms with Gasteiger partial charge in [0.2, 0.25) is 5.89 Å². The average Bonchev–Trinajstić information content (AvgIpc) is 2.68. The van der Waals surface area contributed by atoms with Crippen molar-refractivity contribution in [1.29, 1.82) is 0 Å². The molecule has 1 rings (SSSR count). The highest BCUT2D eigenvalue weighted by Crippen LogP contribution is 2.25. The van der Waals surface area contributed by atoms with Gasteiger partial charge in [0.25, 0.3) is 0 Å². The molecule has 19 heavy (non-hydrogen) atoms. The molecule has 0 amide bonds. The summed E-state index contributed by atoms with van der Waals surface area (Å²) in [7, 11) is 0. The van der Waals surface area contributed by atoms with Crippen molar-refractivity contribution in [2.45, 2.75) is 60.5 Å². The Bertz CT molecular complexity index is 387. The Morgan fingerprint density at radius 3 is 2.26 bits per heavy atom. The summed E-state index contributed by atoms with van der Waals surface area (Å²) >= 11 is 0. The number of aromatic nitrogens is 2. The number of nitrogens with one attached hydrogen (secondary N) is 2. The first-order valence-corrected chi connectivity index (χ1v) is 6.89. The maximum Gasteiger partial charge on any atom is 0.315 e. The van der Waals surface area contributed by atoms with Crippen LogP contribution in [0.25, 0.3) is 0 Å². The Balaban J connectivity index is 2.43. The molecule has 0 saturated carbocycles. The molecule has 0 spiro atoms. The van der Waals surface area contributed by atoms with E-state index < -0.39 is 0 Å². The van der Waals surface area contributed by atoms with E-state index in [-0.39, 0.29) is 11.0 Å². The molecule has 0 aliphatic rings. The van der Waals surface area contributed by atoms with E-state index >= 15 is 0 Å². The first kappa shape index (κ1) is 16.0. The van der Waals surface area contributed by atoms with E-state index in [1.165, 1.54) is 0 Å². The first-order chi connectivity index (χ1) is 8.58. The number of hydrogen-bond acceptors (Lipinski definition) is 5. The summed E-state index contributed by atoms with van der Waals surface area (Å²) in [5.74, 6) is 1.14. The topological polar surface area (TPSA) is 63.0 Å². The van der Waals surface area contributed by atoms with E-state index in [1.807, 2.05) is 0 Å². The van der Waals surface area contributed by atoms with Crippen LogP contribution in [0.5, 0.6) is 0 Å². The van der Waals surface area contributed by atoms with Crippen LogP contribution in [-0.4, -0.2) is 22.3 Å². The van der Waals surface area contributed by atoms with Crippen molar-refractivity contribution in [3.63, 3.8) is 0 Å². The standard InChI is InChI=1S/C14H28N4O/c1-10(13(2,3)4)8-15-12-18-17-11(19-12)9-16-14(5,6)7/h10,16H,8-9H2,1-7H3,(H,15,18). The summed E-state index contributed by atoms with van der Waals surface area (Å²) in [6, 6.07) is 0.502. The third-order valence-electron chi connectivity index (χ3n) is 3.27. The second-order valence-electron chi connectivity index (χ2n) is 7.25. The predicted molar refractivity (Wildman–Crippen MR) is 78.0 cm³/mol. The predicted octanol–water partition coefficient (Wildman–Crippen LogP) is 3.05. The molecule has 1 unspecified atom stereocenters. The van der Waals surface area contributed by atoms with Crippen LogP contribution in [-0.2, 0) is 6.54 Å². The monoisotopic (exact) mass is 268 g/mol. The van der Waals surface area contributed by atoms with Gasteiger partial charge in [0.05, 0.1) is 6.54 Å². The number of anilines is 1.